The van der Waals surface area contributed by atoms with Crippen molar-refractivity contribution in [1.82, 2.24) is 9.97 Å². The minimum Gasteiger partial charge on any atom is -0.349 e. The van der Waals surface area contributed by atoms with Crippen molar-refractivity contribution >= 4 is 25.8 Å². The minimum absolute atomic E-state index is 0.195. The molecule has 1 N–H and O–H groups in total. The number of imidazole rings is 1. The molecule has 1 aliphatic heterocycles. The van der Waals surface area contributed by atoms with Crippen molar-refractivity contribution in [3.05, 3.63) is 18.2 Å². The first-order valence-corrected chi connectivity index (χ1v) is 7.63. The van der Waals surface area contributed by atoms with Crippen LogP contribution < -0.4 is 0 Å². The van der Waals surface area contributed by atoms with Crippen LogP contribution in [0.2, 0.25) is 0 Å². The number of sulfone groups is 1. The van der Waals surface area contributed by atoms with Crippen molar-refractivity contribution < 1.29 is 8.42 Å². The summed E-state index contributed by atoms with van der Waals surface area (Å²) >= 11 is 3.55. The molecule has 0 aliphatic carbocycles. The third kappa shape index (κ3) is 2.81. The lowest BCUT2D eigenvalue weighted by atomic mass is 10.0. The van der Waals surface area contributed by atoms with Crippen LogP contribution in [0.25, 0.3) is 0 Å². The zero-order valence-electron chi connectivity index (χ0n) is 8.19. The summed E-state index contributed by atoms with van der Waals surface area (Å²) in [6.07, 6.45) is 5.01. The molecule has 0 bridgehead atoms. The quantitative estimate of drug-likeness (QED) is 0.850. The van der Waals surface area contributed by atoms with Crippen LogP contribution in [0.4, 0.5) is 0 Å². The molecule has 1 aromatic heterocycles. The Morgan fingerprint density at radius 1 is 1.67 bits per heavy atom. The Labute approximate surface area is 97.5 Å². The van der Waals surface area contributed by atoms with E-state index >= 15 is 0 Å². The number of aromatic nitrogens is 2. The summed E-state index contributed by atoms with van der Waals surface area (Å²) in [4.78, 5) is 7.35. The molecule has 0 radical (unpaired) electrons. The molecular weight excluding hydrogens is 280 g/mol. The number of alkyl halides is 1. The SMILES string of the molecule is O=S1(=O)CCC(C(Br)Cc2ncc[nH]2)C1. The van der Waals surface area contributed by atoms with Gasteiger partial charge in [0.25, 0.3) is 0 Å². The van der Waals surface area contributed by atoms with Gasteiger partial charge in [-0.25, -0.2) is 13.4 Å². The van der Waals surface area contributed by atoms with Gasteiger partial charge in [0, 0.05) is 23.6 Å². The van der Waals surface area contributed by atoms with Crippen LogP contribution in [0.5, 0.6) is 0 Å². The molecule has 0 amide bonds. The summed E-state index contributed by atoms with van der Waals surface area (Å²) in [5.74, 6) is 1.77. The summed E-state index contributed by atoms with van der Waals surface area (Å²) in [6.45, 7) is 0. The highest BCUT2D eigenvalue weighted by Gasteiger charge is 2.32. The van der Waals surface area contributed by atoms with E-state index in [-0.39, 0.29) is 10.7 Å². The highest BCUT2D eigenvalue weighted by atomic mass is 79.9. The molecule has 6 heteroatoms. The Kier molecular flexibility index (Phi) is 3.16. The second-order valence-electron chi connectivity index (χ2n) is 3.92. The lowest BCUT2D eigenvalue weighted by molar-refractivity contribution is 0.557. The van der Waals surface area contributed by atoms with Gasteiger partial charge in [0.15, 0.2) is 9.84 Å². The minimum atomic E-state index is -2.78. The molecule has 0 saturated carbocycles. The normalized spacial score (nSPS) is 26.6. The monoisotopic (exact) mass is 292 g/mol. The van der Waals surface area contributed by atoms with Gasteiger partial charge in [0.2, 0.25) is 0 Å². The third-order valence-corrected chi connectivity index (χ3v) is 5.59. The Morgan fingerprint density at radius 2 is 2.47 bits per heavy atom. The summed E-state index contributed by atoms with van der Waals surface area (Å²) in [5, 5.41) is 0. The first-order valence-electron chi connectivity index (χ1n) is 4.89. The molecule has 1 saturated heterocycles. The Hall–Kier alpha value is -0.360. The van der Waals surface area contributed by atoms with Crippen molar-refractivity contribution in [2.45, 2.75) is 17.7 Å². The van der Waals surface area contributed by atoms with Crippen LogP contribution in [-0.4, -0.2) is 34.7 Å². The molecule has 1 aromatic rings. The highest BCUT2D eigenvalue weighted by molar-refractivity contribution is 9.09. The van der Waals surface area contributed by atoms with E-state index in [0.29, 0.717) is 11.5 Å². The number of hydrogen-bond acceptors (Lipinski definition) is 3. The fourth-order valence-corrected chi connectivity index (χ4v) is 4.76. The number of halogens is 1. The van der Waals surface area contributed by atoms with E-state index in [2.05, 4.69) is 25.9 Å². The van der Waals surface area contributed by atoms with Crippen LogP contribution in [-0.2, 0) is 16.3 Å². The average molecular weight is 293 g/mol. The third-order valence-electron chi connectivity index (χ3n) is 2.72. The van der Waals surface area contributed by atoms with Gasteiger partial charge >= 0.3 is 0 Å². The number of nitrogens with zero attached hydrogens (tertiary/aromatic N) is 1. The maximum Gasteiger partial charge on any atom is 0.150 e. The van der Waals surface area contributed by atoms with Crippen LogP contribution in [0.1, 0.15) is 12.2 Å². The van der Waals surface area contributed by atoms with E-state index in [1.54, 1.807) is 12.4 Å². The van der Waals surface area contributed by atoms with Gasteiger partial charge in [-0.05, 0) is 12.3 Å². The van der Waals surface area contributed by atoms with Crippen LogP contribution in [0.3, 0.4) is 0 Å². The molecule has 15 heavy (non-hydrogen) atoms. The summed E-state index contributed by atoms with van der Waals surface area (Å²) in [5.41, 5.74) is 0. The second-order valence-corrected chi connectivity index (χ2v) is 7.32. The largest absolute Gasteiger partial charge is 0.349 e. The van der Waals surface area contributed by atoms with Crippen LogP contribution in [0.15, 0.2) is 12.4 Å². The van der Waals surface area contributed by atoms with Crippen LogP contribution >= 0.6 is 15.9 Å². The zero-order valence-corrected chi connectivity index (χ0v) is 10.6. The molecular formula is C9H13BrN2O2S. The van der Waals surface area contributed by atoms with Gasteiger partial charge in [-0.2, -0.15) is 0 Å². The molecule has 2 heterocycles. The second kappa shape index (κ2) is 4.25. The fourth-order valence-electron chi connectivity index (χ4n) is 1.87. The van der Waals surface area contributed by atoms with Gasteiger partial charge < -0.3 is 4.98 Å². The maximum absolute atomic E-state index is 11.3. The zero-order chi connectivity index (χ0) is 10.9. The Morgan fingerprint density at radius 3 is 3.00 bits per heavy atom. The smallest absolute Gasteiger partial charge is 0.150 e. The van der Waals surface area contributed by atoms with E-state index in [9.17, 15) is 8.42 Å². The summed E-state index contributed by atoms with van der Waals surface area (Å²) in [7, 11) is -2.78. The maximum atomic E-state index is 11.3. The van der Waals surface area contributed by atoms with Crippen molar-refractivity contribution in [2.24, 2.45) is 5.92 Å². The van der Waals surface area contributed by atoms with Crippen molar-refractivity contribution in [3.63, 3.8) is 0 Å². The van der Waals surface area contributed by atoms with E-state index in [1.165, 1.54) is 0 Å². The predicted molar refractivity (Wildman–Crippen MR) is 61.8 cm³/mol. The Balaban J connectivity index is 1.95. The van der Waals surface area contributed by atoms with Crippen molar-refractivity contribution in [3.8, 4) is 0 Å². The first-order chi connectivity index (χ1) is 7.07. The fraction of sp³-hybridized carbons (Fsp3) is 0.667. The molecule has 1 fully saturated rings. The standard InChI is InChI=1S/C9H13BrN2O2S/c10-8(5-9-11-2-3-12-9)7-1-4-15(13,14)6-7/h2-3,7-8H,1,4-6H2,(H,11,12). The van der Waals surface area contributed by atoms with Crippen LogP contribution in [0, 0.1) is 5.92 Å². The summed E-state index contributed by atoms with van der Waals surface area (Å²) in [6, 6.07) is 0. The molecule has 2 atom stereocenters. The van der Waals surface area contributed by atoms with Gasteiger partial charge in [-0.1, -0.05) is 15.9 Å². The summed E-state index contributed by atoms with van der Waals surface area (Å²) < 4.78 is 22.6. The molecule has 0 spiro atoms. The van der Waals surface area contributed by atoms with Gasteiger partial charge in [-0.15, -0.1) is 0 Å². The highest BCUT2D eigenvalue weighted by Crippen LogP contribution is 2.27. The number of hydrogen-bond donors (Lipinski definition) is 1. The molecule has 1 aliphatic rings. The van der Waals surface area contributed by atoms with E-state index in [1.807, 2.05) is 0 Å². The van der Waals surface area contributed by atoms with E-state index in [0.717, 1.165) is 18.7 Å². The van der Waals surface area contributed by atoms with E-state index in [4.69, 9.17) is 0 Å². The van der Waals surface area contributed by atoms with Gasteiger partial charge in [-0.3, -0.25) is 0 Å². The van der Waals surface area contributed by atoms with Crippen molar-refractivity contribution in [2.75, 3.05) is 11.5 Å². The van der Waals surface area contributed by atoms with Crippen molar-refractivity contribution in [1.29, 1.82) is 0 Å². The molecule has 2 rings (SSSR count). The Bertz CT molecular complexity index is 415. The molecule has 4 nitrogen and oxygen atoms in total. The number of nitrogens with one attached hydrogen (secondary N) is 1. The molecule has 84 valence electrons. The topological polar surface area (TPSA) is 62.8 Å². The lowest BCUT2D eigenvalue weighted by Crippen LogP contribution is -2.18. The number of aromatic amines is 1. The first kappa shape index (κ1) is 11.1. The van der Waals surface area contributed by atoms with E-state index < -0.39 is 9.84 Å². The average Bonchev–Trinajstić information content (AvgIpc) is 2.74. The number of rotatable bonds is 3. The molecule has 0 aromatic carbocycles. The van der Waals surface area contributed by atoms with Gasteiger partial charge in [0.05, 0.1) is 11.5 Å². The molecule has 2 unspecified atom stereocenters. The lowest BCUT2D eigenvalue weighted by Gasteiger charge is -2.14. The van der Waals surface area contributed by atoms with Gasteiger partial charge in [0.1, 0.15) is 5.82 Å². The number of H-pyrrole nitrogens is 1. The predicted octanol–water partition coefficient (Wildman–Crippen LogP) is 1.15.